The van der Waals surface area contributed by atoms with E-state index in [4.69, 9.17) is 21.3 Å². The van der Waals surface area contributed by atoms with Crippen molar-refractivity contribution in [3.05, 3.63) is 81.9 Å². The number of nitrogens with zero attached hydrogens (tertiary/aromatic N) is 3. The number of amidine groups is 1. The number of amides is 1. The smallest absolute Gasteiger partial charge is 0.228 e. The predicted molar refractivity (Wildman–Crippen MR) is 116 cm³/mol. The minimum atomic E-state index is -0.288. The zero-order valence-corrected chi connectivity index (χ0v) is 17.7. The molecule has 0 radical (unpaired) electrons. The van der Waals surface area contributed by atoms with Gasteiger partial charge in [-0.3, -0.25) is 9.79 Å². The second kappa shape index (κ2) is 8.24. The van der Waals surface area contributed by atoms with Crippen molar-refractivity contribution in [1.82, 2.24) is 15.3 Å². The number of benzene rings is 2. The highest BCUT2D eigenvalue weighted by Crippen LogP contribution is 2.31. The Hall–Kier alpha value is -3.25. The van der Waals surface area contributed by atoms with Crippen molar-refractivity contribution in [2.75, 3.05) is 0 Å². The van der Waals surface area contributed by atoms with E-state index in [0.717, 1.165) is 11.1 Å². The van der Waals surface area contributed by atoms with Gasteiger partial charge in [-0.2, -0.15) is 0 Å². The fraction of sp³-hybridized carbons (Fsp3) is 0.217. The third-order valence-electron chi connectivity index (χ3n) is 4.83. The average Bonchev–Trinajstić information content (AvgIpc) is 2.69. The fourth-order valence-corrected chi connectivity index (χ4v) is 3.63. The molecule has 2 heterocycles. The van der Waals surface area contributed by atoms with Crippen molar-refractivity contribution < 1.29 is 9.53 Å². The Bertz CT molecular complexity index is 1160. The average molecular weight is 421 g/mol. The normalized spacial score (nSPS) is 16.1. The van der Waals surface area contributed by atoms with Gasteiger partial charge in [0.2, 0.25) is 5.91 Å². The maximum absolute atomic E-state index is 12.5. The molecule has 152 valence electrons. The molecule has 1 atom stereocenters. The van der Waals surface area contributed by atoms with Crippen LogP contribution in [-0.2, 0) is 4.79 Å². The third kappa shape index (κ3) is 4.33. The summed E-state index contributed by atoms with van der Waals surface area (Å²) < 4.78 is 5.97. The number of hydrogen-bond donors (Lipinski definition) is 1. The Morgan fingerprint density at radius 1 is 1.13 bits per heavy atom. The quantitative estimate of drug-likeness (QED) is 0.654. The van der Waals surface area contributed by atoms with Crippen LogP contribution in [0.3, 0.4) is 0 Å². The SMILES string of the molecule is Cc1ccc([C@@H]2CC(=O)NC(c3nc(C)ncc3Oc3cccc(Cl)c3)=N2)c(C)c1. The van der Waals surface area contributed by atoms with Gasteiger partial charge in [-0.1, -0.05) is 41.4 Å². The van der Waals surface area contributed by atoms with E-state index in [1.165, 1.54) is 5.56 Å². The van der Waals surface area contributed by atoms with Gasteiger partial charge in [-0.05, 0) is 50.1 Å². The maximum atomic E-state index is 12.5. The zero-order chi connectivity index (χ0) is 21.3. The molecule has 1 aliphatic heterocycles. The Kier molecular flexibility index (Phi) is 5.50. The summed E-state index contributed by atoms with van der Waals surface area (Å²) in [6.45, 7) is 5.86. The molecule has 0 fully saturated rings. The van der Waals surface area contributed by atoms with E-state index in [1.54, 1.807) is 37.4 Å². The first-order valence-electron chi connectivity index (χ1n) is 9.61. The molecule has 1 N–H and O–H groups in total. The van der Waals surface area contributed by atoms with Gasteiger partial charge in [0.05, 0.1) is 18.7 Å². The van der Waals surface area contributed by atoms with Crippen molar-refractivity contribution in [3.63, 3.8) is 0 Å². The Morgan fingerprint density at radius 3 is 2.73 bits per heavy atom. The van der Waals surface area contributed by atoms with E-state index in [1.807, 2.05) is 26.0 Å². The Morgan fingerprint density at radius 2 is 1.97 bits per heavy atom. The predicted octanol–water partition coefficient (Wildman–Crippen LogP) is 4.86. The number of aliphatic imine (C=N–C) groups is 1. The number of aryl methyl sites for hydroxylation is 3. The molecule has 0 spiro atoms. The van der Waals surface area contributed by atoms with Gasteiger partial charge in [-0.25, -0.2) is 9.97 Å². The van der Waals surface area contributed by atoms with Gasteiger partial charge in [0.1, 0.15) is 11.6 Å². The minimum absolute atomic E-state index is 0.116. The lowest BCUT2D eigenvalue weighted by Crippen LogP contribution is -2.37. The number of carbonyl (C=O) groups is 1. The summed E-state index contributed by atoms with van der Waals surface area (Å²) in [5, 5.41) is 3.40. The summed E-state index contributed by atoms with van der Waals surface area (Å²) in [5.41, 5.74) is 3.73. The summed E-state index contributed by atoms with van der Waals surface area (Å²) in [6.07, 6.45) is 1.86. The third-order valence-corrected chi connectivity index (χ3v) is 5.06. The molecule has 0 aliphatic carbocycles. The van der Waals surface area contributed by atoms with Gasteiger partial charge >= 0.3 is 0 Å². The van der Waals surface area contributed by atoms with Crippen LogP contribution in [0.25, 0.3) is 0 Å². The molecule has 7 heteroatoms. The van der Waals surface area contributed by atoms with Gasteiger partial charge < -0.3 is 10.1 Å². The van der Waals surface area contributed by atoms with E-state index < -0.39 is 0 Å². The monoisotopic (exact) mass is 420 g/mol. The summed E-state index contributed by atoms with van der Waals surface area (Å²) >= 11 is 6.06. The van der Waals surface area contributed by atoms with Gasteiger partial charge in [0.25, 0.3) is 0 Å². The summed E-state index contributed by atoms with van der Waals surface area (Å²) in [5.74, 6) is 1.75. The van der Waals surface area contributed by atoms with Gasteiger partial charge in [0, 0.05) is 5.02 Å². The number of ether oxygens (including phenoxy) is 1. The fourth-order valence-electron chi connectivity index (χ4n) is 3.45. The number of halogens is 1. The number of carbonyl (C=O) groups excluding carboxylic acids is 1. The van der Waals surface area contributed by atoms with Crippen LogP contribution in [0.1, 0.15) is 40.7 Å². The molecule has 1 amide bonds. The van der Waals surface area contributed by atoms with Crippen LogP contribution < -0.4 is 10.1 Å². The van der Waals surface area contributed by atoms with Crippen LogP contribution in [0.4, 0.5) is 0 Å². The largest absolute Gasteiger partial charge is 0.453 e. The lowest BCUT2D eigenvalue weighted by Gasteiger charge is -2.23. The lowest BCUT2D eigenvalue weighted by molar-refractivity contribution is -0.120. The molecule has 0 saturated carbocycles. The first-order chi connectivity index (χ1) is 14.4. The van der Waals surface area contributed by atoms with E-state index in [2.05, 4.69) is 21.4 Å². The molecule has 3 aromatic rings. The minimum Gasteiger partial charge on any atom is -0.453 e. The Balaban J connectivity index is 1.75. The number of rotatable bonds is 4. The highest BCUT2D eigenvalue weighted by molar-refractivity contribution is 6.30. The van der Waals surface area contributed by atoms with Crippen LogP contribution in [0.2, 0.25) is 5.02 Å². The topological polar surface area (TPSA) is 76.5 Å². The second-order valence-electron chi connectivity index (χ2n) is 7.30. The van der Waals surface area contributed by atoms with Crippen LogP contribution in [0, 0.1) is 20.8 Å². The molecule has 0 bridgehead atoms. The number of hydrogen-bond acceptors (Lipinski definition) is 5. The molecule has 2 aromatic carbocycles. The van der Waals surface area contributed by atoms with E-state index in [-0.39, 0.29) is 18.4 Å². The molecule has 6 nitrogen and oxygen atoms in total. The van der Waals surface area contributed by atoms with Crippen LogP contribution in [0.5, 0.6) is 11.5 Å². The lowest BCUT2D eigenvalue weighted by atomic mass is 9.96. The van der Waals surface area contributed by atoms with E-state index >= 15 is 0 Å². The first-order valence-corrected chi connectivity index (χ1v) is 9.99. The van der Waals surface area contributed by atoms with Crippen molar-refractivity contribution in [2.24, 2.45) is 4.99 Å². The summed E-state index contributed by atoms with van der Waals surface area (Å²) in [7, 11) is 0. The molecular formula is C23H21ClN4O2. The number of nitrogens with one attached hydrogen (secondary N) is 1. The summed E-state index contributed by atoms with van der Waals surface area (Å²) in [6, 6.07) is 12.9. The maximum Gasteiger partial charge on any atom is 0.228 e. The van der Waals surface area contributed by atoms with Crippen molar-refractivity contribution in [2.45, 2.75) is 33.2 Å². The molecule has 0 unspecified atom stereocenters. The van der Waals surface area contributed by atoms with Crippen molar-refractivity contribution in [3.8, 4) is 11.5 Å². The zero-order valence-electron chi connectivity index (χ0n) is 16.9. The standard InChI is InChI=1S/C23H21ClN4O2/c1-13-7-8-18(14(2)9-13)19-11-21(29)28-23(27-19)22-20(12-25-15(3)26-22)30-17-6-4-5-16(24)10-17/h4-10,12,19H,11H2,1-3H3,(H,27,28,29)/t19-/m0/s1. The van der Waals surface area contributed by atoms with E-state index in [0.29, 0.717) is 33.9 Å². The van der Waals surface area contributed by atoms with Crippen LogP contribution in [-0.4, -0.2) is 21.7 Å². The van der Waals surface area contributed by atoms with Crippen LogP contribution >= 0.6 is 11.6 Å². The molecular weight excluding hydrogens is 400 g/mol. The first kappa shape index (κ1) is 20.0. The van der Waals surface area contributed by atoms with Crippen molar-refractivity contribution >= 4 is 23.3 Å². The van der Waals surface area contributed by atoms with Gasteiger partial charge in [-0.15, -0.1) is 0 Å². The molecule has 30 heavy (non-hydrogen) atoms. The molecule has 0 saturated heterocycles. The molecule has 1 aliphatic rings. The van der Waals surface area contributed by atoms with Crippen molar-refractivity contribution in [1.29, 1.82) is 0 Å². The van der Waals surface area contributed by atoms with Gasteiger partial charge in [0.15, 0.2) is 17.3 Å². The second-order valence-corrected chi connectivity index (χ2v) is 7.73. The molecule has 4 rings (SSSR count). The van der Waals surface area contributed by atoms with E-state index in [9.17, 15) is 4.79 Å². The number of aromatic nitrogens is 2. The highest BCUT2D eigenvalue weighted by atomic mass is 35.5. The van der Waals surface area contributed by atoms with Crippen LogP contribution in [0.15, 0.2) is 53.7 Å². The summed E-state index contributed by atoms with van der Waals surface area (Å²) in [4.78, 5) is 26.1. The Labute approximate surface area is 180 Å². The molecule has 1 aromatic heterocycles. The highest BCUT2D eigenvalue weighted by Gasteiger charge is 2.27.